The van der Waals surface area contributed by atoms with Gasteiger partial charge in [0.05, 0.1) is 4.88 Å². The maximum Gasteiger partial charge on any atom is 0.261 e. The van der Waals surface area contributed by atoms with E-state index >= 15 is 0 Å². The molecule has 0 spiro atoms. The fraction of sp³-hybridized carbons (Fsp3) is 0.308. The summed E-state index contributed by atoms with van der Waals surface area (Å²) < 4.78 is 1.16. The zero-order valence-electron chi connectivity index (χ0n) is 9.82. The zero-order chi connectivity index (χ0) is 12.1. The summed E-state index contributed by atoms with van der Waals surface area (Å²) in [6, 6.07) is 9.99. The minimum atomic E-state index is 0.0177. The normalized spacial score (nSPS) is 10.6. The SMILES string of the molecule is CCNCCNC(=O)c1cc2ccccc2s1. The molecule has 0 aliphatic rings. The lowest BCUT2D eigenvalue weighted by Gasteiger charge is -2.03. The standard InChI is InChI=1S/C13H16N2OS/c1-2-14-7-8-15-13(16)12-9-10-5-3-4-6-11(10)17-12/h3-6,9,14H,2,7-8H2,1H3,(H,15,16). The van der Waals surface area contributed by atoms with Crippen molar-refractivity contribution < 1.29 is 4.79 Å². The molecule has 0 saturated carbocycles. The van der Waals surface area contributed by atoms with Crippen LogP contribution >= 0.6 is 11.3 Å². The van der Waals surface area contributed by atoms with Crippen LogP contribution in [0, 0.1) is 0 Å². The van der Waals surface area contributed by atoms with Crippen LogP contribution in [0.25, 0.3) is 10.1 Å². The number of carbonyl (C=O) groups is 1. The summed E-state index contributed by atoms with van der Waals surface area (Å²) in [7, 11) is 0. The van der Waals surface area contributed by atoms with E-state index < -0.39 is 0 Å². The number of thiophene rings is 1. The summed E-state index contributed by atoms with van der Waals surface area (Å²) in [6.07, 6.45) is 0. The minimum Gasteiger partial charge on any atom is -0.350 e. The second kappa shape index (κ2) is 5.80. The highest BCUT2D eigenvalue weighted by molar-refractivity contribution is 7.20. The van der Waals surface area contributed by atoms with E-state index in [1.807, 2.05) is 37.3 Å². The van der Waals surface area contributed by atoms with Crippen molar-refractivity contribution in [2.24, 2.45) is 0 Å². The molecule has 0 radical (unpaired) electrons. The Morgan fingerprint density at radius 3 is 2.88 bits per heavy atom. The van der Waals surface area contributed by atoms with E-state index in [2.05, 4.69) is 10.6 Å². The van der Waals surface area contributed by atoms with Crippen molar-refractivity contribution in [3.8, 4) is 0 Å². The van der Waals surface area contributed by atoms with E-state index in [-0.39, 0.29) is 5.91 Å². The van der Waals surface area contributed by atoms with Gasteiger partial charge in [0.15, 0.2) is 0 Å². The molecule has 2 N–H and O–H groups in total. The molecule has 0 atom stereocenters. The first-order valence-electron chi connectivity index (χ1n) is 5.78. The second-order valence-corrected chi connectivity index (χ2v) is 4.84. The van der Waals surface area contributed by atoms with E-state index in [1.165, 1.54) is 11.3 Å². The van der Waals surface area contributed by atoms with Crippen molar-refractivity contribution >= 4 is 27.3 Å². The van der Waals surface area contributed by atoms with E-state index in [0.717, 1.165) is 28.1 Å². The summed E-state index contributed by atoms with van der Waals surface area (Å²) in [5.41, 5.74) is 0. The number of amides is 1. The highest BCUT2D eigenvalue weighted by Gasteiger charge is 2.08. The zero-order valence-corrected chi connectivity index (χ0v) is 10.6. The van der Waals surface area contributed by atoms with Crippen LogP contribution in [0.4, 0.5) is 0 Å². The van der Waals surface area contributed by atoms with E-state index in [4.69, 9.17) is 0 Å². The Kier molecular flexibility index (Phi) is 4.12. The number of nitrogens with one attached hydrogen (secondary N) is 2. The van der Waals surface area contributed by atoms with Crippen molar-refractivity contribution in [3.63, 3.8) is 0 Å². The fourth-order valence-corrected chi connectivity index (χ4v) is 2.60. The van der Waals surface area contributed by atoms with Crippen LogP contribution in [0.3, 0.4) is 0 Å². The Morgan fingerprint density at radius 1 is 1.29 bits per heavy atom. The molecule has 2 rings (SSSR count). The summed E-state index contributed by atoms with van der Waals surface area (Å²) in [4.78, 5) is 12.6. The first-order chi connectivity index (χ1) is 8.31. The molecule has 0 fully saturated rings. The number of rotatable bonds is 5. The van der Waals surface area contributed by atoms with Crippen LogP contribution in [0.2, 0.25) is 0 Å². The van der Waals surface area contributed by atoms with Crippen LogP contribution in [0.5, 0.6) is 0 Å². The number of likely N-dealkylation sites (N-methyl/N-ethyl adjacent to an activating group) is 1. The largest absolute Gasteiger partial charge is 0.350 e. The number of carbonyl (C=O) groups excluding carboxylic acids is 1. The molecular weight excluding hydrogens is 232 g/mol. The van der Waals surface area contributed by atoms with E-state index in [1.54, 1.807) is 0 Å². The minimum absolute atomic E-state index is 0.0177. The van der Waals surface area contributed by atoms with Gasteiger partial charge in [-0.3, -0.25) is 4.79 Å². The molecule has 0 bridgehead atoms. The van der Waals surface area contributed by atoms with Crippen molar-refractivity contribution in [1.82, 2.24) is 10.6 Å². The first-order valence-corrected chi connectivity index (χ1v) is 6.60. The molecule has 1 aromatic heterocycles. The molecule has 1 heterocycles. The van der Waals surface area contributed by atoms with Crippen LogP contribution in [0.1, 0.15) is 16.6 Å². The van der Waals surface area contributed by atoms with Gasteiger partial charge in [-0.15, -0.1) is 11.3 Å². The van der Waals surface area contributed by atoms with Crippen LogP contribution in [-0.4, -0.2) is 25.5 Å². The Hall–Kier alpha value is -1.39. The number of hydrogen-bond donors (Lipinski definition) is 2. The van der Waals surface area contributed by atoms with Gasteiger partial charge in [0.2, 0.25) is 0 Å². The summed E-state index contributed by atoms with van der Waals surface area (Å²) in [6.45, 7) is 4.46. The third-order valence-corrected chi connectivity index (χ3v) is 3.60. The van der Waals surface area contributed by atoms with E-state index in [9.17, 15) is 4.79 Å². The second-order valence-electron chi connectivity index (χ2n) is 3.76. The van der Waals surface area contributed by atoms with Crippen LogP contribution < -0.4 is 10.6 Å². The maximum absolute atomic E-state index is 11.8. The van der Waals surface area contributed by atoms with Crippen molar-refractivity contribution in [3.05, 3.63) is 35.2 Å². The average molecular weight is 248 g/mol. The van der Waals surface area contributed by atoms with Crippen molar-refractivity contribution in [2.75, 3.05) is 19.6 Å². The van der Waals surface area contributed by atoms with Gasteiger partial charge in [-0.25, -0.2) is 0 Å². The van der Waals surface area contributed by atoms with Gasteiger partial charge < -0.3 is 10.6 Å². The highest BCUT2D eigenvalue weighted by Crippen LogP contribution is 2.24. The molecule has 3 nitrogen and oxygen atoms in total. The molecule has 0 aliphatic carbocycles. The van der Waals surface area contributed by atoms with Crippen LogP contribution in [-0.2, 0) is 0 Å². The molecule has 2 aromatic rings. The molecule has 1 aromatic carbocycles. The predicted octanol–water partition coefficient (Wildman–Crippen LogP) is 2.24. The third kappa shape index (κ3) is 3.05. The van der Waals surface area contributed by atoms with Crippen molar-refractivity contribution in [2.45, 2.75) is 6.92 Å². The van der Waals surface area contributed by atoms with Gasteiger partial charge in [0.1, 0.15) is 0 Å². The quantitative estimate of drug-likeness (QED) is 0.797. The number of fused-ring (bicyclic) bond motifs is 1. The van der Waals surface area contributed by atoms with Gasteiger partial charge >= 0.3 is 0 Å². The molecular formula is C13H16N2OS. The summed E-state index contributed by atoms with van der Waals surface area (Å²) in [5.74, 6) is 0.0177. The molecule has 0 aliphatic heterocycles. The van der Waals surface area contributed by atoms with Gasteiger partial charge in [-0.2, -0.15) is 0 Å². The molecule has 4 heteroatoms. The van der Waals surface area contributed by atoms with Crippen molar-refractivity contribution in [1.29, 1.82) is 0 Å². The Balaban J connectivity index is 1.99. The molecule has 90 valence electrons. The molecule has 17 heavy (non-hydrogen) atoms. The highest BCUT2D eigenvalue weighted by atomic mass is 32.1. The number of hydrogen-bond acceptors (Lipinski definition) is 3. The van der Waals surface area contributed by atoms with E-state index in [0.29, 0.717) is 6.54 Å². The summed E-state index contributed by atoms with van der Waals surface area (Å²) in [5, 5.41) is 7.21. The Labute approximate surface area is 105 Å². The molecule has 0 unspecified atom stereocenters. The average Bonchev–Trinajstić information content (AvgIpc) is 2.78. The Morgan fingerprint density at radius 2 is 2.12 bits per heavy atom. The van der Waals surface area contributed by atoms with Gasteiger partial charge in [-0.1, -0.05) is 25.1 Å². The smallest absolute Gasteiger partial charge is 0.261 e. The topological polar surface area (TPSA) is 41.1 Å². The molecule has 0 saturated heterocycles. The lowest BCUT2D eigenvalue weighted by molar-refractivity contribution is 0.0958. The van der Waals surface area contributed by atoms with Gasteiger partial charge in [0.25, 0.3) is 5.91 Å². The van der Waals surface area contributed by atoms with Crippen LogP contribution in [0.15, 0.2) is 30.3 Å². The fourth-order valence-electron chi connectivity index (χ4n) is 1.62. The monoisotopic (exact) mass is 248 g/mol. The number of benzene rings is 1. The molecule has 1 amide bonds. The maximum atomic E-state index is 11.8. The first kappa shape index (κ1) is 12.1. The van der Waals surface area contributed by atoms with Gasteiger partial charge in [-0.05, 0) is 24.1 Å². The summed E-state index contributed by atoms with van der Waals surface area (Å²) >= 11 is 1.54. The lowest BCUT2D eigenvalue weighted by Crippen LogP contribution is -2.31. The van der Waals surface area contributed by atoms with Gasteiger partial charge in [0, 0.05) is 17.8 Å². The predicted molar refractivity (Wildman–Crippen MR) is 72.7 cm³/mol. The third-order valence-electron chi connectivity index (χ3n) is 2.49. The lowest BCUT2D eigenvalue weighted by atomic mass is 10.2. The Bertz CT molecular complexity index is 474.